The summed E-state index contributed by atoms with van der Waals surface area (Å²) < 4.78 is 0. The van der Waals surface area contributed by atoms with Crippen molar-refractivity contribution in [1.29, 1.82) is 0 Å². The first-order valence-corrected chi connectivity index (χ1v) is 6.72. The minimum atomic E-state index is 0.291. The van der Waals surface area contributed by atoms with Crippen LogP contribution in [-0.4, -0.2) is 29.3 Å². The summed E-state index contributed by atoms with van der Waals surface area (Å²) in [6, 6.07) is 0.487. The zero-order valence-corrected chi connectivity index (χ0v) is 11.2. The predicted molar refractivity (Wildman–Crippen MR) is 69.1 cm³/mol. The van der Waals surface area contributed by atoms with Crippen LogP contribution in [0.5, 0.6) is 0 Å². The first-order valence-electron chi connectivity index (χ1n) is 5.90. The van der Waals surface area contributed by atoms with Crippen molar-refractivity contribution in [2.24, 2.45) is 0 Å². The van der Waals surface area contributed by atoms with Crippen LogP contribution < -0.4 is 5.32 Å². The van der Waals surface area contributed by atoms with E-state index in [-0.39, 0.29) is 0 Å². The summed E-state index contributed by atoms with van der Waals surface area (Å²) in [6.07, 6.45) is 2.98. The summed E-state index contributed by atoms with van der Waals surface area (Å²) in [4.78, 5) is 5.80. The van der Waals surface area contributed by atoms with Crippen LogP contribution in [0, 0.1) is 13.8 Å². The van der Waals surface area contributed by atoms with Gasteiger partial charge in [-0.25, -0.2) is 4.98 Å². The minimum Gasteiger partial charge on any atom is -0.396 e. The fraction of sp³-hybridized carbons (Fsp3) is 0.750. The van der Waals surface area contributed by atoms with Gasteiger partial charge in [0.2, 0.25) is 0 Å². The topological polar surface area (TPSA) is 45.2 Å². The van der Waals surface area contributed by atoms with Crippen LogP contribution in [0.1, 0.15) is 35.3 Å². The monoisotopic (exact) mass is 242 g/mol. The molecular weight excluding hydrogens is 220 g/mol. The predicted octanol–water partition coefficient (Wildman–Crippen LogP) is 2.05. The van der Waals surface area contributed by atoms with Crippen molar-refractivity contribution in [2.45, 2.75) is 46.1 Å². The van der Waals surface area contributed by atoms with E-state index in [0.717, 1.165) is 30.8 Å². The summed E-state index contributed by atoms with van der Waals surface area (Å²) in [5, 5.41) is 13.3. The fourth-order valence-electron chi connectivity index (χ4n) is 1.74. The number of nitrogens with zero attached hydrogens (tertiary/aromatic N) is 1. The highest BCUT2D eigenvalue weighted by Crippen LogP contribution is 2.17. The summed E-state index contributed by atoms with van der Waals surface area (Å²) in [6.45, 7) is 7.58. The minimum absolute atomic E-state index is 0.291. The summed E-state index contributed by atoms with van der Waals surface area (Å²) in [7, 11) is 0. The maximum Gasteiger partial charge on any atom is 0.0900 e. The Labute approximate surface area is 102 Å². The number of nitrogens with one attached hydrogen (secondary N) is 1. The van der Waals surface area contributed by atoms with E-state index in [4.69, 9.17) is 5.11 Å². The van der Waals surface area contributed by atoms with Gasteiger partial charge in [-0.1, -0.05) is 0 Å². The molecule has 0 saturated heterocycles. The Balaban J connectivity index is 2.22. The molecule has 3 nitrogen and oxygen atoms in total. The SMILES string of the molecule is Cc1nc(C)c(CCNC(C)CCCO)s1. The normalized spacial score (nSPS) is 13.0. The standard InChI is InChI=1S/C12H22N2OS/c1-9(5-4-8-15)13-7-6-12-10(2)14-11(3)16-12/h9,13,15H,4-8H2,1-3H3. The molecule has 0 aliphatic rings. The van der Waals surface area contributed by atoms with E-state index in [9.17, 15) is 0 Å². The Morgan fingerprint density at radius 3 is 2.75 bits per heavy atom. The molecule has 4 heteroatoms. The largest absolute Gasteiger partial charge is 0.396 e. The second-order valence-corrected chi connectivity index (χ2v) is 5.50. The van der Waals surface area contributed by atoms with Gasteiger partial charge in [0.25, 0.3) is 0 Å². The van der Waals surface area contributed by atoms with Crippen molar-refractivity contribution in [3.8, 4) is 0 Å². The molecule has 0 spiro atoms. The molecule has 0 radical (unpaired) electrons. The van der Waals surface area contributed by atoms with Crippen molar-refractivity contribution in [1.82, 2.24) is 10.3 Å². The summed E-state index contributed by atoms with van der Waals surface area (Å²) in [5.74, 6) is 0. The van der Waals surface area contributed by atoms with E-state index in [1.54, 1.807) is 11.3 Å². The van der Waals surface area contributed by atoms with Crippen molar-refractivity contribution in [2.75, 3.05) is 13.2 Å². The highest BCUT2D eigenvalue weighted by molar-refractivity contribution is 7.11. The first kappa shape index (κ1) is 13.6. The van der Waals surface area contributed by atoms with Gasteiger partial charge in [-0.05, 0) is 40.0 Å². The number of hydrogen-bond acceptors (Lipinski definition) is 4. The molecule has 1 heterocycles. The van der Waals surface area contributed by atoms with Gasteiger partial charge in [0.15, 0.2) is 0 Å². The molecule has 0 aliphatic carbocycles. The molecule has 16 heavy (non-hydrogen) atoms. The summed E-state index contributed by atoms with van der Waals surface area (Å²) >= 11 is 1.79. The first-order chi connectivity index (χ1) is 7.63. The van der Waals surface area contributed by atoms with Gasteiger partial charge in [-0.3, -0.25) is 0 Å². The number of thiazole rings is 1. The molecule has 0 saturated carbocycles. The van der Waals surface area contributed by atoms with Crippen molar-refractivity contribution >= 4 is 11.3 Å². The van der Waals surface area contributed by atoms with Gasteiger partial charge in [-0.2, -0.15) is 0 Å². The Morgan fingerprint density at radius 1 is 1.44 bits per heavy atom. The van der Waals surface area contributed by atoms with E-state index in [1.807, 2.05) is 0 Å². The second-order valence-electron chi connectivity index (χ2n) is 4.21. The van der Waals surface area contributed by atoms with Gasteiger partial charge in [0.1, 0.15) is 0 Å². The highest BCUT2D eigenvalue weighted by Gasteiger charge is 2.05. The third-order valence-corrected chi connectivity index (χ3v) is 3.77. The molecule has 1 unspecified atom stereocenters. The van der Waals surface area contributed by atoms with E-state index in [0.29, 0.717) is 12.6 Å². The van der Waals surface area contributed by atoms with Gasteiger partial charge >= 0.3 is 0 Å². The quantitative estimate of drug-likeness (QED) is 0.769. The molecule has 1 aromatic rings. The smallest absolute Gasteiger partial charge is 0.0900 e. The second kappa shape index (κ2) is 6.99. The van der Waals surface area contributed by atoms with Crippen LogP contribution in [0.4, 0.5) is 0 Å². The van der Waals surface area contributed by atoms with Crippen LogP contribution in [0.15, 0.2) is 0 Å². The van der Waals surface area contributed by atoms with Crippen LogP contribution in [0.3, 0.4) is 0 Å². The van der Waals surface area contributed by atoms with E-state index in [2.05, 4.69) is 31.1 Å². The average Bonchev–Trinajstić information content (AvgIpc) is 2.55. The molecule has 0 amide bonds. The van der Waals surface area contributed by atoms with Crippen molar-refractivity contribution in [3.63, 3.8) is 0 Å². The molecule has 1 aromatic heterocycles. The lowest BCUT2D eigenvalue weighted by molar-refractivity contribution is 0.276. The maximum atomic E-state index is 8.72. The summed E-state index contributed by atoms with van der Waals surface area (Å²) in [5.41, 5.74) is 1.17. The fourth-order valence-corrected chi connectivity index (χ4v) is 2.67. The third kappa shape index (κ3) is 4.60. The van der Waals surface area contributed by atoms with Crippen LogP contribution in [0.25, 0.3) is 0 Å². The molecule has 1 atom stereocenters. The number of aliphatic hydroxyl groups is 1. The van der Waals surface area contributed by atoms with Crippen LogP contribution in [0.2, 0.25) is 0 Å². The molecule has 0 aromatic carbocycles. The van der Waals surface area contributed by atoms with Crippen molar-refractivity contribution < 1.29 is 5.11 Å². The maximum absolute atomic E-state index is 8.72. The van der Waals surface area contributed by atoms with E-state index >= 15 is 0 Å². The number of aliphatic hydroxyl groups excluding tert-OH is 1. The molecule has 0 fully saturated rings. The molecule has 0 aliphatic heterocycles. The Morgan fingerprint density at radius 2 is 2.19 bits per heavy atom. The van der Waals surface area contributed by atoms with E-state index in [1.165, 1.54) is 10.6 Å². The number of hydrogen-bond donors (Lipinski definition) is 2. The van der Waals surface area contributed by atoms with Crippen molar-refractivity contribution in [3.05, 3.63) is 15.6 Å². The van der Waals surface area contributed by atoms with Gasteiger partial charge < -0.3 is 10.4 Å². The number of aryl methyl sites for hydroxylation is 2. The van der Waals surface area contributed by atoms with Gasteiger partial charge in [0, 0.05) is 24.1 Å². The highest BCUT2D eigenvalue weighted by atomic mass is 32.1. The lowest BCUT2D eigenvalue weighted by Crippen LogP contribution is -2.28. The van der Waals surface area contributed by atoms with Crippen LogP contribution >= 0.6 is 11.3 Å². The molecule has 92 valence electrons. The lowest BCUT2D eigenvalue weighted by atomic mass is 10.2. The molecule has 2 N–H and O–H groups in total. The zero-order chi connectivity index (χ0) is 12.0. The zero-order valence-electron chi connectivity index (χ0n) is 10.4. The number of aromatic nitrogens is 1. The molecular formula is C12H22N2OS. The van der Waals surface area contributed by atoms with E-state index < -0.39 is 0 Å². The Bertz CT molecular complexity index is 312. The lowest BCUT2D eigenvalue weighted by Gasteiger charge is -2.12. The Hall–Kier alpha value is -0.450. The van der Waals surface area contributed by atoms with Gasteiger partial charge in [-0.15, -0.1) is 11.3 Å². The molecule has 0 bridgehead atoms. The Kier molecular flexibility index (Phi) is 5.95. The third-order valence-electron chi connectivity index (χ3n) is 2.64. The number of rotatable bonds is 7. The average molecular weight is 242 g/mol. The van der Waals surface area contributed by atoms with Gasteiger partial charge in [0.05, 0.1) is 10.7 Å². The van der Waals surface area contributed by atoms with Crippen LogP contribution in [-0.2, 0) is 6.42 Å². The molecule has 1 rings (SSSR count).